The Balaban J connectivity index is 1.39. The highest BCUT2D eigenvalue weighted by Crippen LogP contribution is 2.37. The van der Waals surface area contributed by atoms with Gasteiger partial charge in [-0.25, -0.2) is 4.98 Å². The standard InChI is InChI=1S/C20H21N3O2S3/c21-19(25)18-12-6-2-1-3-8-14(12)28-20(18)23-16(24)10-26-11-17-22-13-7-4-5-9-15(13)27-17/h4-5,7,9H,1-3,6,8,10-11H2,(H2,21,25)(H,23,24). The molecule has 146 valence electrons. The van der Waals surface area contributed by atoms with Crippen molar-refractivity contribution >= 4 is 61.5 Å². The van der Waals surface area contributed by atoms with Crippen molar-refractivity contribution in [1.29, 1.82) is 0 Å². The fourth-order valence-corrected chi connectivity index (χ4v) is 6.62. The molecule has 3 N–H and O–H groups in total. The monoisotopic (exact) mass is 431 g/mol. The second-order valence-electron chi connectivity index (χ2n) is 6.75. The van der Waals surface area contributed by atoms with Crippen LogP contribution >= 0.6 is 34.4 Å². The molecule has 0 atom stereocenters. The van der Waals surface area contributed by atoms with Crippen LogP contribution in [0.3, 0.4) is 0 Å². The lowest BCUT2D eigenvalue weighted by atomic mass is 10.1. The second kappa shape index (κ2) is 8.63. The van der Waals surface area contributed by atoms with Gasteiger partial charge in [0.25, 0.3) is 5.91 Å². The minimum atomic E-state index is -0.447. The third-order valence-corrected chi connectivity index (χ3v) is 8.09. The van der Waals surface area contributed by atoms with E-state index in [2.05, 4.69) is 16.4 Å². The highest BCUT2D eigenvalue weighted by atomic mass is 32.2. The summed E-state index contributed by atoms with van der Waals surface area (Å²) in [5, 5.41) is 4.55. The van der Waals surface area contributed by atoms with Gasteiger partial charge in [0.15, 0.2) is 0 Å². The Morgan fingerprint density at radius 3 is 2.79 bits per heavy atom. The zero-order chi connectivity index (χ0) is 19.5. The third-order valence-electron chi connectivity index (χ3n) is 4.72. The lowest BCUT2D eigenvalue weighted by molar-refractivity contribution is -0.113. The maximum atomic E-state index is 12.4. The Kier molecular flexibility index (Phi) is 5.99. The number of carbonyl (C=O) groups is 2. The number of hydrogen-bond donors (Lipinski definition) is 2. The van der Waals surface area contributed by atoms with Gasteiger partial charge in [0, 0.05) is 10.6 Å². The highest BCUT2D eigenvalue weighted by Gasteiger charge is 2.24. The topological polar surface area (TPSA) is 85.1 Å². The van der Waals surface area contributed by atoms with Crippen molar-refractivity contribution in [3.8, 4) is 0 Å². The molecule has 4 rings (SSSR count). The van der Waals surface area contributed by atoms with E-state index >= 15 is 0 Å². The van der Waals surface area contributed by atoms with E-state index in [0.717, 1.165) is 46.5 Å². The molecule has 2 aromatic heterocycles. The molecule has 0 aliphatic heterocycles. The molecule has 3 aromatic rings. The molecule has 0 saturated carbocycles. The molecule has 28 heavy (non-hydrogen) atoms. The minimum Gasteiger partial charge on any atom is -0.365 e. The van der Waals surface area contributed by atoms with Crippen molar-refractivity contribution in [2.75, 3.05) is 11.1 Å². The highest BCUT2D eigenvalue weighted by molar-refractivity contribution is 7.99. The number of thiazole rings is 1. The molecular weight excluding hydrogens is 410 g/mol. The van der Waals surface area contributed by atoms with Crippen LogP contribution in [0.5, 0.6) is 0 Å². The normalized spacial score (nSPS) is 13.9. The molecular formula is C20H21N3O2S3. The number of aromatic nitrogens is 1. The van der Waals surface area contributed by atoms with E-state index in [0.29, 0.717) is 22.1 Å². The predicted molar refractivity (Wildman–Crippen MR) is 119 cm³/mol. The number of nitrogens with zero attached hydrogens (tertiary/aromatic N) is 1. The van der Waals surface area contributed by atoms with Gasteiger partial charge >= 0.3 is 0 Å². The SMILES string of the molecule is NC(=O)c1c(NC(=O)CSCc2nc3ccccc3s2)sc2c1CCCCC2. The van der Waals surface area contributed by atoms with Crippen LogP contribution in [0.25, 0.3) is 10.2 Å². The number of carbonyl (C=O) groups excluding carboxylic acids is 2. The van der Waals surface area contributed by atoms with Crippen LogP contribution in [-0.2, 0) is 23.4 Å². The average Bonchev–Trinajstić information content (AvgIpc) is 3.15. The summed E-state index contributed by atoms with van der Waals surface area (Å²) < 4.78 is 1.16. The first-order chi connectivity index (χ1) is 13.6. The van der Waals surface area contributed by atoms with Gasteiger partial charge in [-0.15, -0.1) is 34.4 Å². The first kappa shape index (κ1) is 19.4. The number of thioether (sulfide) groups is 1. The molecule has 2 amide bonds. The van der Waals surface area contributed by atoms with Crippen molar-refractivity contribution in [3.63, 3.8) is 0 Å². The molecule has 0 saturated heterocycles. The van der Waals surface area contributed by atoms with E-state index in [-0.39, 0.29) is 5.91 Å². The molecule has 0 unspecified atom stereocenters. The summed E-state index contributed by atoms with van der Waals surface area (Å²) in [4.78, 5) is 30.2. The Labute approximate surface area is 175 Å². The van der Waals surface area contributed by atoms with Gasteiger partial charge in [0.2, 0.25) is 5.91 Å². The first-order valence-electron chi connectivity index (χ1n) is 9.28. The maximum Gasteiger partial charge on any atom is 0.251 e. The number of nitrogens with one attached hydrogen (secondary N) is 1. The van der Waals surface area contributed by atoms with Crippen molar-refractivity contribution in [2.45, 2.75) is 37.9 Å². The van der Waals surface area contributed by atoms with Crippen molar-refractivity contribution in [1.82, 2.24) is 4.98 Å². The predicted octanol–water partition coefficient (Wildman–Crippen LogP) is 4.60. The van der Waals surface area contributed by atoms with Crippen LogP contribution in [0.4, 0.5) is 5.00 Å². The summed E-state index contributed by atoms with van der Waals surface area (Å²) in [6.07, 6.45) is 5.19. The van der Waals surface area contributed by atoms with Crippen LogP contribution in [0, 0.1) is 0 Å². The number of para-hydroxylation sites is 1. The van der Waals surface area contributed by atoms with Crippen molar-refractivity contribution in [3.05, 3.63) is 45.3 Å². The molecule has 0 spiro atoms. The zero-order valence-electron chi connectivity index (χ0n) is 15.3. The minimum absolute atomic E-state index is 0.106. The number of rotatable bonds is 6. The van der Waals surface area contributed by atoms with Crippen LogP contribution in [0.15, 0.2) is 24.3 Å². The van der Waals surface area contributed by atoms with Gasteiger partial charge < -0.3 is 11.1 Å². The number of primary amides is 1. The molecule has 2 heterocycles. The number of amides is 2. The first-order valence-corrected chi connectivity index (χ1v) is 12.1. The number of nitrogens with two attached hydrogens (primary N) is 1. The number of fused-ring (bicyclic) bond motifs is 2. The molecule has 0 bridgehead atoms. The van der Waals surface area contributed by atoms with E-state index in [1.807, 2.05) is 18.2 Å². The molecule has 0 fully saturated rings. The summed E-state index contributed by atoms with van der Waals surface area (Å²) in [7, 11) is 0. The van der Waals surface area contributed by atoms with Gasteiger partial charge in [0.05, 0.1) is 21.5 Å². The molecule has 1 aliphatic rings. The summed E-state index contributed by atoms with van der Waals surface area (Å²) in [6.45, 7) is 0. The van der Waals surface area contributed by atoms with Gasteiger partial charge in [-0.3, -0.25) is 9.59 Å². The largest absolute Gasteiger partial charge is 0.365 e. The fraction of sp³-hybridized carbons (Fsp3) is 0.350. The van der Waals surface area contributed by atoms with Crippen LogP contribution in [0.1, 0.15) is 45.1 Å². The Morgan fingerprint density at radius 2 is 1.96 bits per heavy atom. The van der Waals surface area contributed by atoms with E-state index in [9.17, 15) is 9.59 Å². The van der Waals surface area contributed by atoms with Crippen LogP contribution < -0.4 is 11.1 Å². The van der Waals surface area contributed by atoms with Crippen LogP contribution in [0.2, 0.25) is 0 Å². The summed E-state index contributed by atoms with van der Waals surface area (Å²) in [6, 6.07) is 8.04. The van der Waals surface area contributed by atoms with E-state index in [1.54, 1.807) is 11.3 Å². The maximum absolute atomic E-state index is 12.4. The third kappa shape index (κ3) is 4.24. The van der Waals surface area contributed by atoms with Gasteiger partial charge in [-0.05, 0) is 43.4 Å². The van der Waals surface area contributed by atoms with E-state index < -0.39 is 5.91 Å². The van der Waals surface area contributed by atoms with E-state index in [4.69, 9.17) is 5.73 Å². The molecule has 1 aromatic carbocycles. The fourth-order valence-electron chi connectivity index (χ4n) is 3.47. The quantitative estimate of drug-likeness (QED) is 0.559. The smallest absolute Gasteiger partial charge is 0.251 e. The second-order valence-corrected chi connectivity index (χ2v) is 9.96. The number of aryl methyl sites for hydroxylation is 1. The van der Waals surface area contributed by atoms with Crippen LogP contribution in [-0.4, -0.2) is 22.6 Å². The Morgan fingerprint density at radius 1 is 1.14 bits per heavy atom. The summed E-state index contributed by atoms with van der Waals surface area (Å²) in [5.74, 6) is 0.453. The average molecular weight is 432 g/mol. The summed E-state index contributed by atoms with van der Waals surface area (Å²) in [5.41, 5.74) is 8.19. The number of benzene rings is 1. The van der Waals surface area contributed by atoms with Crippen molar-refractivity contribution in [2.24, 2.45) is 5.73 Å². The number of anilines is 1. The summed E-state index contributed by atoms with van der Waals surface area (Å²) >= 11 is 4.69. The lowest BCUT2D eigenvalue weighted by Crippen LogP contribution is -2.19. The molecule has 5 nitrogen and oxygen atoms in total. The Hall–Kier alpha value is -1.90. The van der Waals surface area contributed by atoms with E-state index in [1.165, 1.54) is 34.4 Å². The number of thiophene rings is 1. The Bertz CT molecular complexity index is 992. The van der Waals surface area contributed by atoms with Crippen molar-refractivity contribution < 1.29 is 9.59 Å². The molecule has 0 radical (unpaired) electrons. The lowest BCUT2D eigenvalue weighted by Gasteiger charge is -2.06. The number of hydrogen-bond acceptors (Lipinski definition) is 6. The van der Waals surface area contributed by atoms with Gasteiger partial charge in [-0.2, -0.15) is 0 Å². The molecule has 1 aliphatic carbocycles. The zero-order valence-corrected chi connectivity index (χ0v) is 17.8. The van der Waals surface area contributed by atoms with Gasteiger partial charge in [-0.1, -0.05) is 18.6 Å². The van der Waals surface area contributed by atoms with Gasteiger partial charge in [0.1, 0.15) is 10.0 Å². The molecule has 8 heteroatoms.